The van der Waals surface area contributed by atoms with E-state index in [-0.39, 0.29) is 10.8 Å². The number of halogens is 1. The first-order valence-corrected chi connectivity index (χ1v) is 12.5. The third-order valence-corrected chi connectivity index (χ3v) is 9.14. The molecule has 4 aliphatic rings. The number of amides is 1. The van der Waals surface area contributed by atoms with Gasteiger partial charge in [-0.25, -0.2) is 0 Å². The summed E-state index contributed by atoms with van der Waals surface area (Å²) in [6, 6.07) is 16.0. The standard InChI is InChI=1S/C27H29BrN2O/c28-21-7-8-23-19(14-21)5-3-9-27(23)17-29-16-25(27)24-15-20-4-1-2-6-22(20)26(24)10-12-30(18-31)13-11-26/h1-2,4,6-8,14-15,18,25,29H,3,5,9-13,16-17H2/t25-,27-/m0/s1. The summed E-state index contributed by atoms with van der Waals surface area (Å²) in [6.45, 7) is 3.82. The molecule has 2 heterocycles. The van der Waals surface area contributed by atoms with E-state index in [4.69, 9.17) is 0 Å². The molecule has 6 rings (SSSR count). The molecule has 2 fully saturated rings. The summed E-state index contributed by atoms with van der Waals surface area (Å²) >= 11 is 3.70. The van der Waals surface area contributed by atoms with Crippen LogP contribution in [0.1, 0.15) is 47.9 Å². The molecule has 2 atom stereocenters. The zero-order chi connectivity index (χ0) is 21.1. The van der Waals surface area contributed by atoms with Crippen LogP contribution in [0.25, 0.3) is 6.08 Å². The fraction of sp³-hybridized carbons (Fsp3) is 0.444. The summed E-state index contributed by atoms with van der Waals surface area (Å²) in [4.78, 5) is 13.4. The van der Waals surface area contributed by atoms with E-state index in [0.29, 0.717) is 5.92 Å². The molecule has 3 nitrogen and oxygen atoms in total. The Labute approximate surface area is 193 Å². The van der Waals surface area contributed by atoms with Crippen LogP contribution in [-0.2, 0) is 22.0 Å². The summed E-state index contributed by atoms with van der Waals surface area (Å²) in [5.74, 6) is 0.503. The number of benzene rings is 2. The van der Waals surface area contributed by atoms with Crippen molar-refractivity contribution in [1.29, 1.82) is 0 Å². The Kier molecular flexibility index (Phi) is 4.66. The number of hydrogen-bond donors (Lipinski definition) is 1. The number of rotatable bonds is 2. The van der Waals surface area contributed by atoms with Crippen molar-refractivity contribution in [3.05, 3.63) is 74.8 Å². The first-order chi connectivity index (χ1) is 15.2. The summed E-state index contributed by atoms with van der Waals surface area (Å²) in [6.07, 6.45) is 9.32. The highest BCUT2D eigenvalue weighted by Gasteiger charge is 2.54. The minimum Gasteiger partial charge on any atom is -0.345 e. The van der Waals surface area contributed by atoms with Gasteiger partial charge in [0.25, 0.3) is 0 Å². The van der Waals surface area contributed by atoms with Gasteiger partial charge in [-0.3, -0.25) is 4.79 Å². The Morgan fingerprint density at radius 3 is 2.74 bits per heavy atom. The molecular formula is C27H29BrN2O. The first kappa shape index (κ1) is 19.8. The number of nitrogens with one attached hydrogen (secondary N) is 1. The molecule has 2 aliphatic heterocycles. The molecule has 160 valence electrons. The number of aryl methyl sites for hydroxylation is 1. The van der Waals surface area contributed by atoms with Gasteiger partial charge in [0.1, 0.15) is 0 Å². The molecule has 31 heavy (non-hydrogen) atoms. The topological polar surface area (TPSA) is 32.3 Å². The molecule has 2 saturated heterocycles. The molecule has 4 heteroatoms. The van der Waals surface area contributed by atoms with Crippen LogP contribution in [0.3, 0.4) is 0 Å². The van der Waals surface area contributed by atoms with E-state index in [1.165, 1.54) is 40.4 Å². The Balaban J connectivity index is 1.47. The summed E-state index contributed by atoms with van der Waals surface area (Å²) in [5.41, 5.74) is 7.85. The summed E-state index contributed by atoms with van der Waals surface area (Å²) < 4.78 is 1.19. The first-order valence-electron chi connectivity index (χ1n) is 11.7. The smallest absolute Gasteiger partial charge is 0.209 e. The predicted octanol–water partition coefficient (Wildman–Crippen LogP) is 4.83. The van der Waals surface area contributed by atoms with Crippen molar-refractivity contribution in [2.24, 2.45) is 5.92 Å². The molecule has 0 unspecified atom stereocenters. The fourth-order valence-corrected chi connectivity index (χ4v) is 7.63. The van der Waals surface area contributed by atoms with Gasteiger partial charge in [-0.15, -0.1) is 0 Å². The van der Waals surface area contributed by atoms with Crippen LogP contribution < -0.4 is 5.32 Å². The third-order valence-electron chi connectivity index (χ3n) is 8.64. The van der Waals surface area contributed by atoms with Crippen molar-refractivity contribution < 1.29 is 4.79 Å². The van der Waals surface area contributed by atoms with Crippen LogP contribution in [-0.4, -0.2) is 37.5 Å². The maximum absolute atomic E-state index is 11.5. The maximum atomic E-state index is 11.5. The average molecular weight is 477 g/mol. The average Bonchev–Trinajstić information content (AvgIpc) is 3.34. The minimum absolute atomic E-state index is 0.0762. The van der Waals surface area contributed by atoms with Gasteiger partial charge in [-0.2, -0.15) is 0 Å². The van der Waals surface area contributed by atoms with Crippen LogP contribution in [0.5, 0.6) is 0 Å². The number of carbonyl (C=O) groups is 1. The number of likely N-dealkylation sites (tertiary alicyclic amines) is 1. The van der Waals surface area contributed by atoms with E-state index in [9.17, 15) is 4.79 Å². The van der Waals surface area contributed by atoms with Crippen molar-refractivity contribution in [1.82, 2.24) is 10.2 Å². The highest BCUT2D eigenvalue weighted by Crippen LogP contribution is 2.57. The molecule has 2 aliphatic carbocycles. The second-order valence-corrected chi connectivity index (χ2v) is 10.8. The van der Waals surface area contributed by atoms with Gasteiger partial charge >= 0.3 is 0 Å². The molecule has 2 aromatic carbocycles. The zero-order valence-corrected chi connectivity index (χ0v) is 19.5. The van der Waals surface area contributed by atoms with Gasteiger partial charge < -0.3 is 10.2 Å². The van der Waals surface area contributed by atoms with E-state index in [1.807, 2.05) is 4.90 Å². The van der Waals surface area contributed by atoms with Crippen LogP contribution in [0.2, 0.25) is 0 Å². The molecule has 1 amide bonds. The number of fused-ring (bicyclic) bond motifs is 4. The van der Waals surface area contributed by atoms with Gasteiger partial charge in [-0.1, -0.05) is 57.9 Å². The lowest BCUT2D eigenvalue weighted by Gasteiger charge is -2.48. The quantitative estimate of drug-likeness (QED) is 0.629. The minimum atomic E-state index is 0.0762. The Bertz CT molecular complexity index is 1070. The van der Waals surface area contributed by atoms with Crippen LogP contribution >= 0.6 is 15.9 Å². The Hall–Kier alpha value is -1.91. The van der Waals surface area contributed by atoms with Gasteiger partial charge in [0.05, 0.1) is 0 Å². The van der Waals surface area contributed by atoms with Crippen molar-refractivity contribution in [3.63, 3.8) is 0 Å². The molecule has 0 aromatic heterocycles. The largest absolute Gasteiger partial charge is 0.345 e. The SMILES string of the molecule is O=CN1CCC2(CC1)C([C@@H]1CNC[C@]13CCCc1cc(Br)ccc13)=Cc1ccccc12. The van der Waals surface area contributed by atoms with E-state index in [2.05, 4.69) is 69.8 Å². The normalized spacial score (nSPS) is 28.5. The molecule has 0 radical (unpaired) electrons. The summed E-state index contributed by atoms with van der Waals surface area (Å²) in [5, 5.41) is 3.81. The second-order valence-electron chi connectivity index (χ2n) is 9.91. The molecule has 0 bridgehead atoms. The van der Waals surface area contributed by atoms with Gasteiger partial charge in [0, 0.05) is 47.4 Å². The van der Waals surface area contributed by atoms with E-state index in [1.54, 1.807) is 11.1 Å². The van der Waals surface area contributed by atoms with Gasteiger partial charge in [0.2, 0.25) is 6.41 Å². The Morgan fingerprint density at radius 2 is 1.90 bits per heavy atom. The summed E-state index contributed by atoms with van der Waals surface area (Å²) in [7, 11) is 0. The highest BCUT2D eigenvalue weighted by atomic mass is 79.9. The lowest BCUT2D eigenvalue weighted by atomic mass is 9.57. The fourth-order valence-electron chi connectivity index (χ4n) is 7.22. The highest BCUT2D eigenvalue weighted by molar-refractivity contribution is 9.10. The zero-order valence-electron chi connectivity index (χ0n) is 17.9. The maximum Gasteiger partial charge on any atom is 0.209 e. The molecule has 0 saturated carbocycles. The van der Waals surface area contributed by atoms with E-state index >= 15 is 0 Å². The second kappa shape index (κ2) is 7.31. The van der Waals surface area contributed by atoms with Crippen molar-refractivity contribution in [3.8, 4) is 0 Å². The van der Waals surface area contributed by atoms with Gasteiger partial charge in [-0.05, 0) is 66.5 Å². The lowest BCUT2D eigenvalue weighted by Crippen LogP contribution is -2.47. The van der Waals surface area contributed by atoms with Gasteiger partial charge in [0.15, 0.2) is 0 Å². The number of nitrogens with zero attached hydrogens (tertiary/aromatic N) is 1. The van der Waals surface area contributed by atoms with Crippen LogP contribution in [0, 0.1) is 5.92 Å². The van der Waals surface area contributed by atoms with Crippen LogP contribution in [0.15, 0.2) is 52.5 Å². The van der Waals surface area contributed by atoms with Crippen LogP contribution in [0.4, 0.5) is 0 Å². The van der Waals surface area contributed by atoms with Crippen molar-refractivity contribution >= 4 is 28.4 Å². The van der Waals surface area contributed by atoms with Crippen molar-refractivity contribution in [2.75, 3.05) is 26.2 Å². The number of hydrogen-bond acceptors (Lipinski definition) is 2. The van der Waals surface area contributed by atoms with E-state index in [0.717, 1.165) is 45.4 Å². The van der Waals surface area contributed by atoms with E-state index < -0.39 is 0 Å². The third kappa shape index (κ3) is 2.84. The number of carbonyl (C=O) groups excluding carboxylic acids is 1. The number of piperidine rings is 1. The Morgan fingerprint density at radius 1 is 1.06 bits per heavy atom. The lowest BCUT2D eigenvalue weighted by molar-refractivity contribution is -0.119. The molecule has 2 spiro atoms. The monoisotopic (exact) mass is 476 g/mol. The molecule has 2 aromatic rings. The predicted molar refractivity (Wildman–Crippen MR) is 128 cm³/mol. The molecule has 1 N–H and O–H groups in total. The molecular weight excluding hydrogens is 448 g/mol. The van der Waals surface area contributed by atoms with Crippen molar-refractivity contribution in [2.45, 2.75) is 42.9 Å².